The molecule has 0 fully saturated rings. The van der Waals surface area contributed by atoms with Crippen LogP contribution in [0.1, 0.15) is 10.5 Å². The number of benzene rings is 2. The first-order chi connectivity index (χ1) is 13.6. The Bertz CT molecular complexity index is 1240. The fourth-order valence-corrected chi connectivity index (χ4v) is 3.37. The molecule has 7 heteroatoms. The van der Waals surface area contributed by atoms with Gasteiger partial charge in [0.2, 0.25) is 0 Å². The van der Waals surface area contributed by atoms with Gasteiger partial charge in [-0.2, -0.15) is 5.10 Å². The molecule has 7 nitrogen and oxygen atoms in total. The van der Waals surface area contributed by atoms with E-state index in [1.807, 2.05) is 30.5 Å². The van der Waals surface area contributed by atoms with E-state index in [2.05, 4.69) is 15.0 Å². The summed E-state index contributed by atoms with van der Waals surface area (Å²) >= 11 is 0. The zero-order valence-electron chi connectivity index (χ0n) is 15.7. The third-order valence-corrected chi connectivity index (χ3v) is 4.77. The molecule has 28 heavy (non-hydrogen) atoms. The smallest absolute Gasteiger partial charge is 0.276 e. The van der Waals surface area contributed by atoms with E-state index in [9.17, 15) is 9.59 Å². The maximum atomic E-state index is 13.0. The second kappa shape index (κ2) is 7.28. The van der Waals surface area contributed by atoms with Gasteiger partial charge in [-0.1, -0.05) is 24.3 Å². The van der Waals surface area contributed by atoms with Crippen LogP contribution in [0.4, 0.5) is 5.69 Å². The van der Waals surface area contributed by atoms with Crippen LogP contribution in [0.25, 0.3) is 21.7 Å². The molecule has 0 aliphatic rings. The Hall–Kier alpha value is -3.45. The summed E-state index contributed by atoms with van der Waals surface area (Å²) in [5, 5.41) is 9.07. The van der Waals surface area contributed by atoms with E-state index in [1.54, 1.807) is 38.4 Å². The number of aryl methyl sites for hydroxylation is 1. The molecule has 0 bridgehead atoms. The lowest BCUT2D eigenvalue weighted by Crippen LogP contribution is -2.25. The van der Waals surface area contributed by atoms with E-state index in [1.165, 1.54) is 4.68 Å². The van der Waals surface area contributed by atoms with Crippen molar-refractivity contribution in [3.63, 3.8) is 0 Å². The molecule has 142 valence electrons. The topological polar surface area (TPSA) is 78.2 Å². The Morgan fingerprint density at radius 1 is 1.07 bits per heavy atom. The summed E-state index contributed by atoms with van der Waals surface area (Å²) in [4.78, 5) is 25.3. The van der Waals surface area contributed by atoms with Crippen LogP contribution in [-0.2, 0) is 18.3 Å². The number of fused-ring (bicyclic) bond motifs is 2. The molecule has 0 aliphatic carbocycles. The zero-order chi connectivity index (χ0) is 19.7. The van der Waals surface area contributed by atoms with Crippen molar-refractivity contribution in [2.45, 2.75) is 6.54 Å². The number of nitrogens with one attached hydrogen (secondary N) is 1. The van der Waals surface area contributed by atoms with Gasteiger partial charge in [0, 0.05) is 37.7 Å². The van der Waals surface area contributed by atoms with Crippen LogP contribution >= 0.6 is 0 Å². The predicted octanol–water partition coefficient (Wildman–Crippen LogP) is 2.79. The van der Waals surface area contributed by atoms with Crippen LogP contribution in [0.2, 0.25) is 0 Å². The Kier molecular flexibility index (Phi) is 4.67. The second-order valence-electron chi connectivity index (χ2n) is 6.52. The lowest BCUT2D eigenvalue weighted by Gasteiger charge is -2.10. The average Bonchev–Trinajstić information content (AvgIpc) is 3.13. The molecular formula is C21H20N4O3. The highest BCUT2D eigenvalue weighted by molar-refractivity contribution is 6.13. The number of hydrogen-bond donors (Lipinski definition) is 1. The van der Waals surface area contributed by atoms with Crippen LogP contribution in [-0.4, -0.2) is 34.0 Å². The third-order valence-electron chi connectivity index (χ3n) is 4.77. The van der Waals surface area contributed by atoms with Gasteiger partial charge in [-0.3, -0.25) is 9.59 Å². The lowest BCUT2D eigenvalue weighted by atomic mass is 10.1. The maximum Gasteiger partial charge on any atom is 0.276 e. The molecule has 4 rings (SSSR count). The largest absolute Gasteiger partial charge is 0.383 e. The van der Waals surface area contributed by atoms with Crippen molar-refractivity contribution in [1.29, 1.82) is 0 Å². The summed E-state index contributed by atoms with van der Waals surface area (Å²) in [5.74, 6) is -0.357. The van der Waals surface area contributed by atoms with Crippen LogP contribution in [0.5, 0.6) is 0 Å². The van der Waals surface area contributed by atoms with E-state index >= 15 is 0 Å². The molecule has 2 heterocycles. The molecule has 0 spiro atoms. The fourth-order valence-electron chi connectivity index (χ4n) is 3.37. The van der Waals surface area contributed by atoms with E-state index < -0.39 is 0 Å². The highest BCUT2D eigenvalue weighted by Crippen LogP contribution is 2.25. The molecule has 4 aromatic rings. The zero-order valence-corrected chi connectivity index (χ0v) is 15.7. The van der Waals surface area contributed by atoms with E-state index in [0.717, 1.165) is 17.4 Å². The number of rotatable bonds is 5. The van der Waals surface area contributed by atoms with Crippen molar-refractivity contribution in [3.8, 4) is 0 Å². The summed E-state index contributed by atoms with van der Waals surface area (Å²) in [6.45, 7) is 1.33. The molecule has 0 saturated heterocycles. The first-order valence-electron chi connectivity index (χ1n) is 8.94. The average molecular weight is 376 g/mol. The summed E-state index contributed by atoms with van der Waals surface area (Å²) in [6.07, 6.45) is 1.97. The number of ether oxygens (including phenoxy) is 1. The van der Waals surface area contributed by atoms with Gasteiger partial charge in [-0.25, -0.2) is 4.68 Å². The van der Waals surface area contributed by atoms with Gasteiger partial charge in [0.1, 0.15) is 0 Å². The minimum absolute atomic E-state index is 0.216. The van der Waals surface area contributed by atoms with E-state index in [4.69, 9.17) is 4.74 Å². The highest BCUT2D eigenvalue weighted by Gasteiger charge is 2.17. The Morgan fingerprint density at radius 2 is 1.86 bits per heavy atom. The van der Waals surface area contributed by atoms with E-state index in [-0.39, 0.29) is 17.2 Å². The van der Waals surface area contributed by atoms with Crippen LogP contribution in [0, 0.1) is 0 Å². The van der Waals surface area contributed by atoms with Crippen molar-refractivity contribution in [1.82, 2.24) is 14.3 Å². The molecular weight excluding hydrogens is 356 g/mol. The van der Waals surface area contributed by atoms with Crippen molar-refractivity contribution in [2.24, 2.45) is 7.05 Å². The van der Waals surface area contributed by atoms with E-state index in [0.29, 0.717) is 23.1 Å². The maximum absolute atomic E-state index is 13.0. The molecule has 0 atom stereocenters. The summed E-state index contributed by atoms with van der Waals surface area (Å²) in [7, 11) is 3.21. The van der Waals surface area contributed by atoms with Crippen LogP contribution in [0.3, 0.4) is 0 Å². The van der Waals surface area contributed by atoms with Gasteiger partial charge in [-0.05, 0) is 24.3 Å². The van der Waals surface area contributed by atoms with Gasteiger partial charge in [0.15, 0.2) is 5.69 Å². The molecule has 1 N–H and O–H groups in total. The molecule has 0 saturated carbocycles. The van der Waals surface area contributed by atoms with Crippen molar-refractivity contribution >= 4 is 33.3 Å². The number of hydrogen-bond acceptors (Lipinski definition) is 4. The first-order valence-corrected chi connectivity index (χ1v) is 8.94. The quantitative estimate of drug-likeness (QED) is 0.581. The number of methoxy groups -OCH3 is 1. The Morgan fingerprint density at radius 3 is 2.64 bits per heavy atom. The number of anilines is 1. The fraction of sp³-hybridized carbons (Fsp3) is 0.190. The summed E-state index contributed by atoms with van der Waals surface area (Å²) in [6, 6.07) is 14.7. The van der Waals surface area contributed by atoms with Gasteiger partial charge in [0.05, 0.1) is 23.2 Å². The second-order valence-corrected chi connectivity index (χ2v) is 6.52. The molecule has 0 radical (unpaired) electrons. The highest BCUT2D eigenvalue weighted by atomic mass is 16.5. The molecule has 0 aliphatic heterocycles. The Labute approximate surface area is 161 Å². The number of amides is 1. The minimum atomic E-state index is -0.357. The minimum Gasteiger partial charge on any atom is -0.383 e. The monoisotopic (exact) mass is 376 g/mol. The molecule has 2 aromatic heterocycles. The molecule has 1 amide bonds. The van der Waals surface area contributed by atoms with Gasteiger partial charge in [0.25, 0.3) is 11.5 Å². The van der Waals surface area contributed by atoms with Crippen molar-refractivity contribution < 1.29 is 9.53 Å². The number of carbonyl (C=O) groups excluding carboxylic acids is 1. The standard InChI is InChI=1S/C21H20N4O3/c1-24-21(27)15-7-4-3-6-14(15)19(23-24)20(26)22-17-8-5-9-18-16(17)10-11-25(18)12-13-28-2/h3-11H,12-13H2,1-2H3,(H,22,26). The normalized spacial score (nSPS) is 11.2. The van der Waals surface area contributed by atoms with Gasteiger partial charge < -0.3 is 14.6 Å². The number of carbonyl (C=O) groups is 1. The Balaban J connectivity index is 1.74. The molecule has 0 unspecified atom stereocenters. The van der Waals surface area contributed by atoms with Gasteiger partial charge >= 0.3 is 0 Å². The predicted molar refractivity (Wildman–Crippen MR) is 109 cm³/mol. The number of nitrogens with zero attached hydrogens (tertiary/aromatic N) is 3. The summed E-state index contributed by atoms with van der Waals surface area (Å²) < 4.78 is 8.42. The first kappa shape index (κ1) is 17.9. The summed E-state index contributed by atoms with van der Waals surface area (Å²) in [5.41, 5.74) is 1.68. The molecule has 2 aromatic carbocycles. The van der Waals surface area contributed by atoms with Crippen LogP contribution in [0.15, 0.2) is 59.5 Å². The van der Waals surface area contributed by atoms with Crippen LogP contribution < -0.4 is 10.9 Å². The third kappa shape index (κ3) is 3.05. The SMILES string of the molecule is COCCn1ccc2c(NC(=O)c3nn(C)c(=O)c4ccccc34)cccc21. The lowest BCUT2D eigenvalue weighted by molar-refractivity contribution is 0.102. The van der Waals surface area contributed by atoms with Gasteiger partial charge in [-0.15, -0.1) is 0 Å². The van der Waals surface area contributed by atoms with Crippen molar-refractivity contribution in [2.75, 3.05) is 19.0 Å². The van der Waals surface area contributed by atoms with Crippen molar-refractivity contribution in [3.05, 3.63) is 70.8 Å². The number of aromatic nitrogens is 3.